The van der Waals surface area contributed by atoms with E-state index in [4.69, 9.17) is 5.11 Å². The Hall–Kier alpha value is -2.91. The van der Waals surface area contributed by atoms with Crippen LogP contribution in [0.25, 0.3) is 6.08 Å². The van der Waals surface area contributed by atoms with Crippen LogP contribution in [0.3, 0.4) is 0 Å². The highest BCUT2D eigenvalue weighted by atomic mass is 16.6. The number of rotatable bonds is 5. The highest BCUT2D eigenvalue weighted by Gasteiger charge is 2.33. The maximum Gasteiger partial charge on any atom is 0.346 e. The zero-order valence-corrected chi connectivity index (χ0v) is 11.9. The molecular weight excluding hydrogens is 312 g/mol. The fraction of sp³-hybridized carbons (Fsp3) is 0.214. The van der Waals surface area contributed by atoms with Gasteiger partial charge in [0.05, 0.1) is 7.11 Å². The second-order valence-corrected chi connectivity index (χ2v) is 4.23. The van der Waals surface area contributed by atoms with Crippen molar-refractivity contribution in [3.8, 4) is 11.5 Å². The molecule has 0 saturated carbocycles. The molecule has 4 N–H and O–H groups in total. The molecular formula is C14H14O9. The van der Waals surface area contributed by atoms with E-state index in [-0.39, 0.29) is 5.75 Å². The van der Waals surface area contributed by atoms with Crippen molar-refractivity contribution in [3.63, 3.8) is 0 Å². The van der Waals surface area contributed by atoms with Gasteiger partial charge in [-0.1, -0.05) is 6.07 Å². The highest BCUT2D eigenvalue weighted by molar-refractivity contribution is 5.97. The van der Waals surface area contributed by atoms with Gasteiger partial charge in [0.1, 0.15) is 0 Å². The summed E-state index contributed by atoms with van der Waals surface area (Å²) < 4.78 is 8.32. The van der Waals surface area contributed by atoms with E-state index in [1.807, 2.05) is 0 Å². The molecule has 0 heterocycles. The van der Waals surface area contributed by atoms with E-state index < -0.39 is 35.9 Å². The van der Waals surface area contributed by atoms with E-state index in [0.717, 1.165) is 25.3 Å². The van der Waals surface area contributed by atoms with Crippen LogP contribution < -0.4 is 0 Å². The Kier molecular flexibility index (Phi) is 6.24. The normalized spacial score (nSPS) is 13.3. The summed E-state index contributed by atoms with van der Waals surface area (Å²) in [5, 5.41) is 36.9. The molecule has 0 amide bonds. The lowest BCUT2D eigenvalue weighted by molar-refractivity contribution is -0.174. The molecule has 0 bridgehead atoms. The van der Waals surface area contributed by atoms with Crippen LogP contribution >= 0.6 is 0 Å². The Balaban J connectivity index is 2.65. The molecule has 0 aliphatic rings. The summed E-state index contributed by atoms with van der Waals surface area (Å²) in [4.78, 5) is 33.7. The molecule has 2 atom stereocenters. The average Bonchev–Trinajstić information content (AvgIpc) is 2.53. The van der Waals surface area contributed by atoms with Gasteiger partial charge in [0, 0.05) is 6.08 Å². The van der Waals surface area contributed by atoms with Gasteiger partial charge < -0.3 is 29.9 Å². The number of aromatic hydroxyl groups is 2. The number of hydrogen-bond donors (Lipinski definition) is 4. The number of esters is 3. The fourth-order valence-electron chi connectivity index (χ4n) is 1.38. The summed E-state index contributed by atoms with van der Waals surface area (Å²) >= 11 is 0. The summed E-state index contributed by atoms with van der Waals surface area (Å²) in [6.07, 6.45) is -2.49. The van der Waals surface area contributed by atoms with Crippen molar-refractivity contribution >= 4 is 24.0 Å². The van der Waals surface area contributed by atoms with Gasteiger partial charge in [0.25, 0.3) is 0 Å². The van der Waals surface area contributed by atoms with Crippen LogP contribution in [0.4, 0.5) is 0 Å². The third kappa shape index (κ3) is 5.09. The molecule has 0 aliphatic carbocycles. The number of ether oxygens (including phenoxy) is 2. The number of aliphatic hydroxyl groups excluding tert-OH is 2. The van der Waals surface area contributed by atoms with Crippen molar-refractivity contribution in [1.82, 2.24) is 0 Å². The molecule has 0 radical (unpaired) electrons. The first-order valence-corrected chi connectivity index (χ1v) is 6.16. The van der Waals surface area contributed by atoms with E-state index in [2.05, 4.69) is 9.47 Å². The number of phenolic OH excluding ortho intramolecular Hbond substituents is 2. The molecule has 0 spiro atoms. The topological polar surface area (TPSA) is 151 Å². The van der Waals surface area contributed by atoms with Crippen LogP contribution in [-0.2, 0) is 23.9 Å². The first-order valence-electron chi connectivity index (χ1n) is 6.16. The molecule has 1 aromatic rings. The SMILES string of the molecule is COC(=O)C(O)C(O)C(=O)OC(=O)/C=C/c1ccc(O)c(O)c1. The third-order valence-electron chi connectivity index (χ3n) is 2.60. The van der Waals surface area contributed by atoms with E-state index >= 15 is 0 Å². The smallest absolute Gasteiger partial charge is 0.346 e. The number of methoxy groups -OCH3 is 1. The van der Waals surface area contributed by atoms with Crippen molar-refractivity contribution in [1.29, 1.82) is 0 Å². The van der Waals surface area contributed by atoms with Gasteiger partial charge in [0.2, 0.25) is 0 Å². The lowest BCUT2D eigenvalue weighted by atomic mass is 10.2. The molecule has 1 aromatic carbocycles. The van der Waals surface area contributed by atoms with Crippen LogP contribution in [0.5, 0.6) is 11.5 Å². The summed E-state index contributed by atoms with van der Waals surface area (Å²) in [7, 11) is 0.935. The van der Waals surface area contributed by atoms with Crippen molar-refractivity contribution in [2.45, 2.75) is 12.2 Å². The largest absolute Gasteiger partial charge is 0.504 e. The Morgan fingerprint density at radius 1 is 1.04 bits per heavy atom. The molecule has 2 unspecified atom stereocenters. The van der Waals surface area contributed by atoms with Crippen LogP contribution in [0.1, 0.15) is 5.56 Å². The number of phenols is 2. The molecule has 0 fully saturated rings. The maximum atomic E-state index is 11.4. The van der Waals surface area contributed by atoms with Crippen LogP contribution in [0.15, 0.2) is 24.3 Å². The van der Waals surface area contributed by atoms with Crippen molar-refractivity contribution < 1.29 is 44.3 Å². The predicted molar refractivity (Wildman–Crippen MR) is 73.9 cm³/mol. The number of carbonyl (C=O) groups excluding carboxylic acids is 3. The maximum absolute atomic E-state index is 11.4. The minimum absolute atomic E-state index is 0.319. The summed E-state index contributed by atoms with van der Waals surface area (Å²) in [5.74, 6) is -4.74. The molecule has 9 nitrogen and oxygen atoms in total. The summed E-state index contributed by atoms with van der Waals surface area (Å²) in [6.45, 7) is 0. The Morgan fingerprint density at radius 2 is 1.65 bits per heavy atom. The van der Waals surface area contributed by atoms with E-state index in [0.29, 0.717) is 5.56 Å². The van der Waals surface area contributed by atoms with Gasteiger partial charge in [-0.3, -0.25) is 0 Å². The lowest BCUT2D eigenvalue weighted by Gasteiger charge is -2.13. The number of carbonyl (C=O) groups is 3. The highest BCUT2D eigenvalue weighted by Crippen LogP contribution is 2.25. The minimum Gasteiger partial charge on any atom is -0.504 e. The second kappa shape index (κ2) is 7.92. The molecule has 1 rings (SSSR count). The van der Waals surface area contributed by atoms with Crippen molar-refractivity contribution in [3.05, 3.63) is 29.8 Å². The molecule has 9 heteroatoms. The quantitative estimate of drug-likeness (QED) is 0.233. The van der Waals surface area contributed by atoms with Gasteiger partial charge in [-0.05, 0) is 23.8 Å². The Morgan fingerprint density at radius 3 is 2.22 bits per heavy atom. The first kappa shape index (κ1) is 18.1. The van der Waals surface area contributed by atoms with Crippen LogP contribution in [-0.4, -0.2) is 57.7 Å². The van der Waals surface area contributed by atoms with Gasteiger partial charge in [-0.25, -0.2) is 14.4 Å². The number of benzene rings is 1. The monoisotopic (exact) mass is 326 g/mol. The lowest BCUT2D eigenvalue weighted by Crippen LogP contribution is -2.41. The molecule has 23 heavy (non-hydrogen) atoms. The third-order valence-corrected chi connectivity index (χ3v) is 2.60. The zero-order chi connectivity index (χ0) is 17.6. The molecule has 0 aliphatic heterocycles. The van der Waals surface area contributed by atoms with Gasteiger partial charge in [-0.2, -0.15) is 0 Å². The van der Waals surface area contributed by atoms with Gasteiger partial charge >= 0.3 is 17.9 Å². The Bertz CT molecular complexity index is 635. The zero-order valence-electron chi connectivity index (χ0n) is 11.9. The predicted octanol–water partition coefficient (Wildman–Crippen LogP) is -0.924. The van der Waals surface area contributed by atoms with Crippen molar-refractivity contribution in [2.75, 3.05) is 7.11 Å². The molecule has 124 valence electrons. The average molecular weight is 326 g/mol. The first-order chi connectivity index (χ1) is 10.8. The minimum atomic E-state index is -2.28. The fourth-order valence-corrected chi connectivity index (χ4v) is 1.38. The number of hydrogen-bond acceptors (Lipinski definition) is 9. The van der Waals surface area contributed by atoms with E-state index in [1.54, 1.807) is 0 Å². The second-order valence-electron chi connectivity index (χ2n) is 4.23. The van der Waals surface area contributed by atoms with Crippen LogP contribution in [0, 0.1) is 0 Å². The van der Waals surface area contributed by atoms with Gasteiger partial charge in [0.15, 0.2) is 23.7 Å². The molecule has 0 saturated heterocycles. The summed E-state index contributed by atoms with van der Waals surface area (Å²) in [6, 6.07) is 3.70. The van der Waals surface area contributed by atoms with E-state index in [9.17, 15) is 29.7 Å². The Labute approximate surface area is 130 Å². The van der Waals surface area contributed by atoms with Gasteiger partial charge in [-0.15, -0.1) is 0 Å². The van der Waals surface area contributed by atoms with Crippen LogP contribution in [0.2, 0.25) is 0 Å². The molecule has 0 aromatic heterocycles. The number of aliphatic hydroxyl groups is 2. The summed E-state index contributed by atoms with van der Waals surface area (Å²) in [5.41, 5.74) is 0.319. The van der Waals surface area contributed by atoms with Crippen molar-refractivity contribution in [2.24, 2.45) is 0 Å². The standard InChI is InChI=1S/C14H14O9/c1-22-13(20)11(18)12(19)14(21)23-10(17)5-3-7-2-4-8(15)9(16)6-7/h2-6,11-12,15-16,18-19H,1H3/b5-3+. The van der Waals surface area contributed by atoms with E-state index in [1.165, 1.54) is 12.1 Å².